The minimum atomic E-state index is -0.892. The minimum Gasteiger partial charge on any atom is -0.351 e. The van der Waals surface area contributed by atoms with E-state index in [4.69, 9.17) is 5.26 Å². The van der Waals surface area contributed by atoms with E-state index in [-0.39, 0.29) is 10.0 Å². The van der Waals surface area contributed by atoms with Crippen LogP contribution in [0.5, 0.6) is 0 Å². The van der Waals surface area contributed by atoms with E-state index in [9.17, 15) is 13.2 Å². The van der Waals surface area contributed by atoms with Gasteiger partial charge in [0.2, 0.25) is 0 Å². The Morgan fingerprint density at radius 1 is 1.00 bits per heavy atom. The van der Waals surface area contributed by atoms with Crippen molar-refractivity contribution >= 4 is 27.3 Å². The zero-order valence-electron chi connectivity index (χ0n) is 9.35. The second-order valence-corrected chi connectivity index (χ2v) is 4.53. The Bertz CT molecular complexity index is 657. The van der Waals surface area contributed by atoms with E-state index in [2.05, 4.69) is 21.2 Å². The standard InChI is InChI=1S/C13H6BrF3N2/c14-9-5-8(1-2-10(9)15)19-13-11(16)3-7(6-18)4-12(13)17/h1-5,19H. The number of nitrogens with zero attached hydrogens (tertiary/aromatic N) is 1. The molecule has 1 N–H and O–H groups in total. The van der Waals surface area contributed by atoms with Gasteiger partial charge >= 0.3 is 0 Å². The van der Waals surface area contributed by atoms with Gasteiger partial charge in [-0.05, 0) is 46.3 Å². The molecule has 0 heterocycles. The lowest BCUT2D eigenvalue weighted by Crippen LogP contribution is -1.99. The summed E-state index contributed by atoms with van der Waals surface area (Å²) in [6.07, 6.45) is 0. The number of rotatable bonds is 2. The van der Waals surface area contributed by atoms with Crippen molar-refractivity contribution in [3.8, 4) is 6.07 Å². The van der Waals surface area contributed by atoms with Gasteiger partial charge in [-0.1, -0.05) is 0 Å². The van der Waals surface area contributed by atoms with Crippen molar-refractivity contribution in [3.63, 3.8) is 0 Å². The van der Waals surface area contributed by atoms with Gasteiger partial charge in [-0.2, -0.15) is 5.26 Å². The van der Waals surface area contributed by atoms with E-state index in [1.54, 1.807) is 6.07 Å². The van der Waals surface area contributed by atoms with Gasteiger partial charge in [-0.15, -0.1) is 0 Å². The molecule has 0 unspecified atom stereocenters. The van der Waals surface area contributed by atoms with Gasteiger partial charge < -0.3 is 5.32 Å². The Labute approximate surface area is 115 Å². The van der Waals surface area contributed by atoms with Gasteiger partial charge in [-0.25, -0.2) is 13.2 Å². The molecule has 96 valence electrons. The molecule has 0 aromatic heterocycles. The average molecular weight is 327 g/mol. The highest BCUT2D eigenvalue weighted by molar-refractivity contribution is 9.10. The van der Waals surface area contributed by atoms with Crippen molar-refractivity contribution in [3.05, 3.63) is 57.8 Å². The van der Waals surface area contributed by atoms with E-state index in [1.165, 1.54) is 12.1 Å². The molecule has 0 radical (unpaired) electrons. The highest BCUT2D eigenvalue weighted by atomic mass is 79.9. The Morgan fingerprint density at radius 2 is 1.63 bits per heavy atom. The highest BCUT2D eigenvalue weighted by Gasteiger charge is 2.12. The molecule has 0 atom stereocenters. The number of halogens is 4. The molecule has 19 heavy (non-hydrogen) atoms. The summed E-state index contributed by atoms with van der Waals surface area (Å²) < 4.78 is 40.5. The van der Waals surface area contributed by atoms with Crippen LogP contribution in [0, 0.1) is 28.8 Å². The molecule has 2 aromatic rings. The van der Waals surface area contributed by atoms with Crippen molar-refractivity contribution in [1.29, 1.82) is 5.26 Å². The third-order valence-electron chi connectivity index (χ3n) is 2.36. The van der Waals surface area contributed by atoms with Gasteiger partial charge in [0.25, 0.3) is 0 Å². The summed E-state index contributed by atoms with van der Waals surface area (Å²) in [5, 5.41) is 11.1. The summed E-state index contributed by atoms with van der Waals surface area (Å²) in [6, 6.07) is 7.35. The normalized spacial score (nSPS) is 10.1. The van der Waals surface area contributed by atoms with Crippen LogP contribution in [0.15, 0.2) is 34.8 Å². The summed E-state index contributed by atoms with van der Waals surface area (Å²) in [5.41, 5.74) is -0.186. The van der Waals surface area contributed by atoms with Crippen LogP contribution in [-0.2, 0) is 0 Å². The fourth-order valence-corrected chi connectivity index (χ4v) is 1.85. The van der Waals surface area contributed by atoms with E-state index >= 15 is 0 Å². The summed E-state index contributed by atoms with van der Waals surface area (Å²) >= 11 is 2.97. The van der Waals surface area contributed by atoms with Crippen molar-refractivity contribution in [2.75, 3.05) is 5.32 Å². The van der Waals surface area contributed by atoms with Crippen molar-refractivity contribution in [2.45, 2.75) is 0 Å². The topological polar surface area (TPSA) is 35.8 Å². The monoisotopic (exact) mass is 326 g/mol. The first-order valence-corrected chi connectivity index (χ1v) is 5.92. The van der Waals surface area contributed by atoms with Crippen molar-refractivity contribution in [1.82, 2.24) is 0 Å². The Morgan fingerprint density at radius 3 is 2.16 bits per heavy atom. The molecular weight excluding hydrogens is 321 g/mol. The minimum absolute atomic E-state index is 0.110. The van der Waals surface area contributed by atoms with Crippen LogP contribution in [0.4, 0.5) is 24.5 Å². The van der Waals surface area contributed by atoms with Crippen LogP contribution in [0.25, 0.3) is 0 Å². The van der Waals surface area contributed by atoms with Gasteiger partial charge in [0.05, 0.1) is 16.1 Å². The zero-order valence-corrected chi connectivity index (χ0v) is 10.9. The van der Waals surface area contributed by atoms with E-state index < -0.39 is 23.1 Å². The third-order valence-corrected chi connectivity index (χ3v) is 2.97. The number of hydrogen-bond donors (Lipinski definition) is 1. The zero-order chi connectivity index (χ0) is 14.0. The largest absolute Gasteiger partial charge is 0.351 e. The van der Waals surface area contributed by atoms with Crippen molar-refractivity contribution in [2.24, 2.45) is 0 Å². The Balaban J connectivity index is 2.38. The summed E-state index contributed by atoms with van der Waals surface area (Å²) in [4.78, 5) is 0. The summed E-state index contributed by atoms with van der Waals surface area (Å²) in [5.74, 6) is -2.26. The fourth-order valence-electron chi connectivity index (χ4n) is 1.48. The molecule has 0 aliphatic rings. The predicted molar refractivity (Wildman–Crippen MR) is 68.5 cm³/mol. The lowest BCUT2D eigenvalue weighted by molar-refractivity contribution is 0.590. The quantitative estimate of drug-likeness (QED) is 0.883. The molecule has 0 aliphatic carbocycles. The first-order chi connectivity index (χ1) is 9.01. The molecule has 0 amide bonds. The number of nitriles is 1. The molecule has 0 saturated heterocycles. The molecule has 0 spiro atoms. The van der Waals surface area contributed by atoms with Crippen molar-refractivity contribution < 1.29 is 13.2 Å². The van der Waals surface area contributed by atoms with Crippen LogP contribution >= 0.6 is 15.9 Å². The van der Waals surface area contributed by atoms with Crippen LogP contribution in [-0.4, -0.2) is 0 Å². The maximum absolute atomic E-state index is 13.6. The summed E-state index contributed by atoms with van der Waals surface area (Å²) in [7, 11) is 0. The number of anilines is 2. The van der Waals surface area contributed by atoms with Crippen LogP contribution in [0.2, 0.25) is 0 Å². The molecular formula is C13H6BrF3N2. The van der Waals surface area contributed by atoms with Crippen LogP contribution in [0.1, 0.15) is 5.56 Å². The van der Waals surface area contributed by atoms with Gasteiger partial charge in [0.15, 0.2) is 11.6 Å². The predicted octanol–water partition coefficient (Wildman–Crippen LogP) is 4.48. The second kappa shape index (κ2) is 5.33. The maximum atomic E-state index is 13.6. The number of benzene rings is 2. The second-order valence-electron chi connectivity index (χ2n) is 3.68. The molecule has 0 fully saturated rings. The molecule has 0 bridgehead atoms. The maximum Gasteiger partial charge on any atom is 0.150 e. The molecule has 0 aliphatic heterocycles. The van der Waals surface area contributed by atoms with Gasteiger partial charge in [0.1, 0.15) is 11.5 Å². The SMILES string of the molecule is N#Cc1cc(F)c(Nc2ccc(F)c(Br)c2)c(F)c1. The van der Waals surface area contributed by atoms with Gasteiger partial charge in [0, 0.05) is 5.69 Å². The summed E-state index contributed by atoms with van der Waals surface area (Å²) in [6.45, 7) is 0. The van der Waals surface area contributed by atoms with Gasteiger partial charge in [-0.3, -0.25) is 0 Å². The third kappa shape index (κ3) is 2.88. The van der Waals surface area contributed by atoms with E-state index in [0.717, 1.165) is 18.2 Å². The lowest BCUT2D eigenvalue weighted by Gasteiger charge is -2.09. The molecule has 6 heteroatoms. The van der Waals surface area contributed by atoms with Crippen LogP contribution in [0.3, 0.4) is 0 Å². The average Bonchev–Trinajstić information content (AvgIpc) is 2.37. The molecule has 2 nitrogen and oxygen atoms in total. The molecule has 2 aromatic carbocycles. The smallest absolute Gasteiger partial charge is 0.150 e. The lowest BCUT2D eigenvalue weighted by atomic mass is 10.2. The first kappa shape index (κ1) is 13.4. The first-order valence-electron chi connectivity index (χ1n) is 5.12. The Kier molecular flexibility index (Phi) is 3.76. The van der Waals surface area contributed by atoms with E-state index in [0.29, 0.717) is 5.69 Å². The fraction of sp³-hybridized carbons (Fsp3) is 0. The molecule has 0 saturated carbocycles. The van der Waals surface area contributed by atoms with Crippen LogP contribution < -0.4 is 5.32 Å². The number of nitrogens with one attached hydrogen (secondary N) is 1. The number of hydrogen-bond acceptors (Lipinski definition) is 2. The highest BCUT2D eigenvalue weighted by Crippen LogP contribution is 2.27. The molecule has 2 rings (SSSR count). The van der Waals surface area contributed by atoms with E-state index in [1.807, 2.05) is 0 Å². The Hall–Kier alpha value is -2.00.